The highest BCUT2D eigenvalue weighted by Crippen LogP contribution is 2.41. The summed E-state index contributed by atoms with van der Waals surface area (Å²) in [6, 6.07) is 6.49. The van der Waals surface area contributed by atoms with Gasteiger partial charge in [-0.3, -0.25) is 14.5 Å². The Labute approximate surface area is 157 Å². The first-order valence-corrected chi connectivity index (χ1v) is 10.7. The molecule has 9 heteroatoms. The number of benzene rings is 1. The van der Waals surface area contributed by atoms with Crippen LogP contribution in [0.1, 0.15) is 24.0 Å². The van der Waals surface area contributed by atoms with Crippen LogP contribution >= 0.6 is 0 Å². The lowest BCUT2D eigenvalue weighted by molar-refractivity contribution is -0.139. The van der Waals surface area contributed by atoms with E-state index in [4.69, 9.17) is 0 Å². The maximum atomic E-state index is 13.1. The van der Waals surface area contributed by atoms with Crippen LogP contribution in [0, 0.1) is 0 Å². The molecule has 0 radical (unpaired) electrons. The molecule has 2 saturated heterocycles. The number of likely N-dealkylation sites (N-methyl/N-ethyl adjacent to an activating group) is 1. The van der Waals surface area contributed by atoms with Gasteiger partial charge >= 0.3 is 6.03 Å². The number of nitrogens with zero attached hydrogens (tertiary/aromatic N) is 2. The van der Waals surface area contributed by atoms with Crippen LogP contribution in [-0.4, -0.2) is 67.2 Å². The molecule has 2 atom stereocenters. The number of fused-ring (bicyclic) bond motifs is 2. The van der Waals surface area contributed by atoms with Crippen molar-refractivity contribution in [3.05, 3.63) is 35.4 Å². The largest absolute Gasteiger partial charge is 0.340 e. The molecule has 4 amide bonds. The summed E-state index contributed by atoms with van der Waals surface area (Å²) in [5, 5.41) is 2.78. The fourth-order valence-corrected chi connectivity index (χ4v) is 6.04. The van der Waals surface area contributed by atoms with Crippen molar-refractivity contribution in [1.82, 2.24) is 15.1 Å². The molecule has 3 aliphatic rings. The molecule has 4 rings (SSSR count). The quantitative estimate of drug-likeness (QED) is 0.732. The molecule has 2 aliphatic heterocycles. The molecule has 1 aliphatic carbocycles. The topological polar surface area (TPSA) is 104 Å². The minimum atomic E-state index is -3.13. The fourth-order valence-electron chi connectivity index (χ4n) is 4.26. The molecule has 1 aromatic carbocycles. The summed E-state index contributed by atoms with van der Waals surface area (Å²) < 4.78 is 23.3. The number of sulfone groups is 1. The molecule has 2 fully saturated rings. The van der Waals surface area contributed by atoms with Crippen LogP contribution in [0.25, 0.3) is 0 Å². The van der Waals surface area contributed by atoms with Crippen molar-refractivity contribution in [2.45, 2.75) is 30.8 Å². The Morgan fingerprint density at radius 2 is 2.07 bits per heavy atom. The number of amides is 4. The number of urea groups is 1. The number of imide groups is 1. The van der Waals surface area contributed by atoms with Gasteiger partial charge < -0.3 is 10.2 Å². The number of carbonyl (C=O) groups excluding carboxylic acids is 3. The van der Waals surface area contributed by atoms with Crippen LogP contribution in [0.2, 0.25) is 0 Å². The number of carbonyl (C=O) groups is 3. The summed E-state index contributed by atoms with van der Waals surface area (Å²) in [5.41, 5.74) is 0.713. The monoisotopic (exact) mass is 391 g/mol. The van der Waals surface area contributed by atoms with Gasteiger partial charge in [-0.25, -0.2) is 13.2 Å². The fraction of sp³-hybridized carbons (Fsp3) is 0.500. The van der Waals surface area contributed by atoms with Gasteiger partial charge in [-0.2, -0.15) is 0 Å². The van der Waals surface area contributed by atoms with Gasteiger partial charge in [0.05, 0.1) is 11.5 Å². The van der Waals surface area contributed by atoms with E-state index < -0.39 is 39.3 Å². The first-order valence-electron chi connectivity index (χ1n) is 8.92. The summed E-state index contributed by atoms with van der Waals surface area (Å²) in [7, 11) is -1.61. The molecule has 1 spiro atoms. The molecular weight excluding hydrogens is 370 g/mol. The van der Waals surface area contributed by atoms with Gasteiger partial charge in [0.1, 0.15) is 12.1 Å². The molecular formula is C18H21N3O5S. The van der Waals surface area contributed by atoms with Crippen LogP contribution in [0.4, 0.5) is 4.79 Å². The van der Waals surface area contributed by atoms with Crippen molar-refractivity contribution in [3.8, 4) is 0 Å². The normalized spacial score (nSPS) is 28.5. The highest BCUT2D eigenvalue weighted by Gasteiger charge is 2.55. The minimum Gasteiger partial charge on any atom is -0.340 e. The van der Waals surface area contributed by atoms with Gasteiger partial charge in [0.15, 0.2) is 9.84 Å². The van der Waals surface area contributed by atoms with E-state index in [9.17, 15) is 22.8 Å². The van der Waals surface area contributed by atoms with E-state index in [0.29, 0.717) is 19.3 Å². The summed E-state index contributed by atoms with van der Waals surface area (Å²) in [5.74, 6) is -0.882. The summed E-state index contributed by atoms with van der Waals surface area (Å²) in [6.45, 7) is -0.387. The van der Waals surface area contributed by atoms with Crippen LogP contribution in [0.5, 0.6) is 0 Å². The Morgan fingerprint density at radius 3 is 2.78 bits per heavy atom. The predicted molar refractivity (Wildman–Crippen MR) is 96.5 cm³/mol. The molecule has 0 aromatic heterocycles. The number of nitrogens with one attached hydrogen (secondary N) is 1. The number of rotatable bonds is 3. The molecule has 0 unspecified atom stereocenters. The van der Waals surface area contributed by atoms with Crippen molar-refractivity contribution < 1.29 is 22.8 Å². The lowest BCUT2D eigenvalue weighted by Crippen LogP contribution is -2.46. The van der Waals surface area contributed by atoms with Gasteiger partial charge in [-0.1, -0.05) is 24.3 Å². The lowest BCUT2D eigenvalue weighted by Gasteiger charge is -2.26. The van der Waals surface area contributed by atoms with E-state index in [2.05, 4.69) is 5.32 Å². The number of aryl methyl sites for hydroxylation is 1. The van der Waals surface area contributed by atoms with E-state index in [-0.39, 0.29) is 18.1 Å². The van der Waals surface area contributed by atoms with Gasteiger partial charge in [0.25, 0.3) is 5.91 Å². The number of hydrogen-bond acceptors (Lipinski definition) is 5. The summed E-state index contributed by atoms with van der Waals surface area (Å²) >= 11 is 0. The Bertz CT molecular complexity index is 944. The molecule has 8 nitrogen and oxygen atoms in total. The van der Waals surface area contributed by atoms with Gasteiger partial charge in [0, 0.05) is 13.1 Å². The third kappa shape index (κ3) is 2.80. The van der Waals surface area contributed by atoms with Crippen molar-refractivity contribution in [2.24, 2.45) is 0 Å². The van der Waals surface area contributed by atoms with E-state index in [0.717, 1.165) is 16.0 Å². The Kier molecular flexibility index (Phi) is 4.03. The van der Waals surface area contributed by atoms with E-state index >= 15 is 0 Å². The van der Waals surface area contributed by atoms with E-state index in [1.807, 2.05) is 24.3 Å². The maximum absolute atomic E-state index is 13.1. The minimum absolute atomic E-state index is 0.0539. The third-order valence-corrected chi connectivity index (χ3v) is 7.62. The zero-order chi connectivity index (χ0) is 19.4. The van der Waals surface area contributed by atoms with Crippen molar-refractivity contribution >= 4 is 27.7 Å². The van der Waals surface area contributed by atoms with Gasteiger partial charge in [-0.15, -0.1) is 0 Å². The van der Waals surface area contributed by atoms with Crippen molar-refractivity contribution in [2.75, 3.05) is 25.1 Å². The molecule has 1 N–H and O–H groups in total. The van der Waals surface area contributed by atoms with Gasteiger partial charge in [-0.05, 0) is 30.4 Å². The van der Waals surface area contributed by atoms with Crippen LogP contribution < -0.4 is 5.32 Å². The average Bonchev–Trinajstić information content (AvgIpc) is 3.26. The molecule has 27 heavy (non-hydrogen) atoms. The predicted octanol–water partition coefficient (Wildman–Crippen LogP) is 0.0254. The molecule has 0 saturated carbocycles. The smallest absolute Gasteiger partial charge is 0.325 e. The SMILES string of the molecule is CN(C(=O)CN1C(=O)N[C@@]2(CCc3ccccc32)C1=O)[C@H]1CCS(=O)(=O)C1. The highest BCUT2D eigenvalue weighted by molar-refractivity contribution is 7.91. The summed E-state index contributed by atoms with van der Waals surface area (Å²) in [4.78, 5) is 40.4. The lowest BCUT2D eigenvalue weighted by atomic mass is 9.92. The van der Waals surface area contributed by atoms with Crippen LogP contribution in [0.15, 0.2) is 24.3 Å². The second-order valence-electron chi connectivity index (χ2n) is 7.45. The Balaban J connectivity index is 1.51. The average molecular weight is 391 g/mol. The maximum Gasteiger partial charge on any atom is 0.325 e. The van der Waals surface area contributed by atoms with Crippen LogP contribution in [0.3, 0.4) is 0 Å². The molecule has 144 valence electrons. The van der Waals surface area contributed by atoms with Crippen LogP contribution in [-0.2, 0) is 31.4 Å². The zero-order valence-electron chi connectivity index (χ0n) is 15.0. The second-order valence-corrected chi connectivity index (χ2v) is 9.67. The second kappa shape index (κ2) is 6.05. The highest BCUT2D eigenvalue weighted by atomic mass is 32.2. The summed E-state index contributed by atoms with van der Waals surface area (Å²) in [6.07, 6.45) is 1.53. The van der Waals surface area contributed by atoms with Crippen molar-refractivity contribution in [1.29, 1.82) is 0 Å². The van der Waals surface area contributed by atoms with E-state index in [1.54, 1.807) is 0 Å². The Morgan fingerprint density at radius 1 is 1.33 bits per heavy atom. The first kappa shape index (κ1) is 18.0. The number of hydrogen-bond donors (Lipinski definition) is 1. The Hall–Kier alpha value is -2.42. The third-order valence-electron chi connectivity index (χ3n) is 5.87. The van der Waals surface area contributed by atoms with Gasteiger partial charge in [0.2, 0.25) is 5.91 Å². The molecule has 2 heterocycles. The molecule has 1 aromatic rings. The van der Waals surface area contributed by atoms with E-state index in [1.165, 1.54) is 11.9 Å². The zero-order valence-corrected chi connectivity index (χ0v) is 15.8. The standard InChI is InChI=1S/C18H21N3O5S/c1-20(13-7-9-27(25,26)11-13)15(22)10-21-16(23)18(19-17(21)24)8-6-12-4-2-3-5-14(12)18/h2-5,13H,6-11H2,1H3,(H,19,24)/t13-,18+/m0/s1. The first-order chi connectivity index (χ1) is 12.7. The van der Waals surface area contributed by atoms with Crippen molar-refractivity contribution in [3.63, 3.8) is 0 Å². The molecule has 0 bridgehead atoms.